The lowest BCUT2D eigenvalue weighted by Crippen LogP contribution is -2.15. The minimum Gasteiger partial charge on any atom is -0.355 e. The molecule has 0 aliphatic rings. The van der Waals surface area contributed by atoms with E-state index in [1.165, 1.54) is 11.8 Å². The van der Waals surface area contributed by atoms with Gasteiger partial charge in [-0.1, -0.05) is 11.8 Å². The number of hydrogen-bond donors (Lipinski definition) is 0. The van der Waals surface area contributed by atoms with Crippen LogP contribution < -0.4 is 0 Å². The Balaban J connectivity index is 2.34. The first-order chi connectivity index (χ1) is 6.36. The number of thioether (sulfide) groups is 1. The number of hydrogen-bond acceptors (Lipinski definition) is 5. The van der Waals surface area contributed by atoms with Gasteiger partial charge in [0.25, 0.3) is 0 Å². The number of rotatable bonds is 5. The molecule has 1 rings (SSSR count). The second-order valence-corrected chi connectivity index (χ2v) is 3.23. The molecule has 13 heavy (non-hydrogen) atoms. The van der Waals surface area contributed by atoms with Crippen molar-refractivity contribution in [2.75, 3.05) is 20.0 Å². The molecule has 0 aliphatic carbocycles. The molecule has 5 heteroatoms. The molecular formula is C8H12N2O2S. The zero-order chi connectivity index (χ0) is 9.52. The van der Waals surface area contributed by atoms with Crippen molar-refractivity contribution >= 4 is 11.8 Å². The SMILES string of the molecule is COC(CSc1ncccn1)OC. The van der Waals surface area contributed by atoms with Gasteiger partial charge in [-0.3, -0.25) is 0 Å². The second kappa shape index (κ2) is 5.90. The first-order valence-electron chi connectivity index (χ1n) is 3.82. The largest absolute Gasteiger partial charge is 0.355 e. The van der Waals surface area contributed by atoms with Crippen LogP contribution in [0.4, 0.5) is 0 Å². The Hall–Kier alpha value is -0.650. The van der Waals surface area contributed by atoms with Crippen LogP contribution in [0.1, 0.15) is 0 Å². The second-order valence-electron chi connectivity index (χ2n) is 2.24. The van der Waals surface area contributed by atoms with Crippen LogP contribution in [-0.4, -0.2) is 36.2 Å². The molecular weight excluding hydrogens is 188 g/mol. The van der Waals surface area contributed by atoms with Gasteiger partial charge in [-0.25, -0.2) is 9.97 Å². The fourth-order valence-corrected chi connectivity index (χ4v) is 1.56. The van der Waals surface area contributed by atoms with Gasteiger partial charge in [0.15, 0.2) is 11.4 Å². The molecule has 0 aromatic carbocycles. The maximum absolute atomic E-state index is 5.02. The van der Waals surface area contributed by atoms with Crippen molar-refractivity contribution < 1.29 is 9.47 Å². The summed E-state index contributed by atoms with van der Waals surface area (Å²) in [4.78, 5) is 8.12. The van der Waals surface area contributed by atoms with Crippen molar-refractivity contribution in [3.8, 4) is 0 Å². The predicted octanol–water partition coefficient (Wildman–Crippen LogP) is 1.19. The number of ether oxygens (including phenoxy) is 2. The van der Waals surface area contributed by atoms with Crippen molar-refractivity contribution in [1.82, 2.24) is 9.97 Å². The standard InChI is InChI=1S/C8H12N2O2S/c1-11-7(12-2)6-13-8-9-4-3-5-10-8/h3-5,7H,6H2,1-2H3. The van der Waals surface area contributed by atoms with Crippen LogP contribution >= 0.6 is 11.8 Å². The third-order valence-electron chi connectivity index (χ3n) is 1.42. The van der Waals surface area contributed by atoms with E-state index in [1.54, 1.807) is 32.7 Å². The summed E-state index contributed by atoms with van der Waals surface area (Å²) < 4.78 is 10.0. The molecule has 4 nitrogen and oxygen atoms in total. The van der Waals surface area contributed by atoms with E-state index >= 15 is 0 Å². The van der Waals surface area contributed by atoms with Crippen LogP contribution in [0.25, 0.3) is 0 Å². The monoisotopic (exact) mass is 200 g/mol. The van der Waals surface area contributed by atoms with Gasteiger partial charge in [-0.15, -0.1) is 0 Å². The lowest BCUT2D eigenvalue weighted by atomic mass is 10.7. The first kappa shape index (κ1) is 10.4. The summed E-state index contributed by atoms with van der Waals surface area (Å²) in [5, 5.41) is 0.738. The Bertz CT molecular complexity index is 229. The zero-order valence-electron chi connectivity index (χ0n) is 7.64. The number of nitrogens with zero attached hydrogens (tertiary/aromatic N) is 2. The van der Waals surface area contributed by atoms with Gasteiger partial charge in [-0.2, -0.15) is 0 Å². The summed E-state index contributed by atoms with van der Waals surface area (Å²) in [5.74, 6) is 0.691. The van der Waals surface area contributed by atoms with Crippen molar-refractivity contribution in [3.05, 3.63) is 18.5 Å². The van der Waals surface area contributed by atoms with E-state index in [0.717, 1.165) is 5.16 Å². The molecule has 1 heterocycles. The van der Waals surface area contributed by atoms with Gasteiger partial charge in [0.2, 0.25) is 0 Å². The highest BCUT2D eigenvalue weighted by molar-refractivity contribution is 7.99. The van der Waals surface area contributed by atoms with Crippen molar-refractivity contribution in [2.24, 2.45) is 0 Å². The average Bonchev–Trinajstić information content (AvgIpc) is 2.21. The summed E-state index contributed by atoms with van der Waals surface area (Å²) in [6.07, 6.45) is 3.22. The minimum atomic E-state index is -0.200. The fraction of sp³-hybridized carbons (Fsp3) is 0.500. The maximum Gasteiger partial charge on any atom is 0.187 e. The van der Waals surface area contributed by atoms with E-state index in [-0.39, 0.29) is 6.29 Å². The molecule has 0 atom stereocenters. The predicted molar refractivity (Wildman–Crippen MR) is 50.6 cm³/mol. The van der Waals surface area contributed by atoms with E-state index in [4.69, 9.17) is 9.47 Å². The molecule has 0 radical (unpaired) electrons. The van der Waals surface area contributed by atoms with E-state index in [9.17, 15) is 0 Å². The molecule has 0 spiro atoms. The lowest BCUT2D eigenvalue weighted by molar-refractivity contribution is -0.0842. The van der Waals surface area contributed by atoms with Gasteiger partial charge in [-0.05, 0) is 6.07 Å². The summed E-state index contributed by atoms with van der Waals surface area (Å²) in [6.45, 7) is 0. The van der Waals surface area contributed by atoms with E-state index in [0.29, 0.717) is 5.75 Å². The lowest BCUT2D eigenvalue weighted by Gasteiger charge is -2.11. The highest BCUT2D eigenvalue weighted by Crippen LogP contribution is 2.13. The van der Waals surface area contributed by atoms with Crippen LogP contribution in [0.3, 0.4) is 0 Å². The average molecular weight is 200 g/mol. The summed E-state index contributed by atoms with van der Waals surface area (Å²) >= 11 is 1.51. The summed E-state index contributed by atoms with van der Waals surface area (Å²) in [5.41, 5.74) is 0. The Labute approximate surface area is 81.7 Å². The molecule has 0 bridgehead atoms. The molecule has 1 aromatic rings. The Morgan fingerprint density at radius 1 is 1.31 bits per heavy atom. The molecule has 72 valence electrons. The number of methoxy groups -OCH3 is 2. The molecule has 0 fully saturated rings. The van der Waals surface area contributed by atoms with Crippen LogP contribution in [0, 0.1) is 0 Å². The van der Waals surface area contributed by atoms with E-state index in [1.807, 2.05) is 0 Å². The Kier molecular flexibility index (Phi) is 4.74. The van der Waals surface area contributed by atoms with Crippen LogP contribution in [0.2, 0.25) is 0 Å². The molecule has 1 aromatic heterocycles. The van der Waals surface area contributed by atoms with E-state index < -0.39 is 0 Å². The zero-order valence-corrected chi connectivity index (χ0v) is 8.45. The van der Waals surface area contributed by atoms with Crippen molar-refractivity contribution in [1.29, 1.82) is 0 Å². The van der Waals surface area contributed by atoms with Gasteiger partial charge in [0.1, 0.15) is 0 Å². The Morgan fingerprint density at radius 3 is 2.46 bits per heavy atom. The first-order valence-corrected chi connectivity index (χ1v) is 4.80. The van der Waals surface area contributed by atoms with Crippen molar-refractivity contribution in [2.45, 2.75) is 11.4 Å². The molecule has 0 N–H and O–H groups in total. The van der Waals surface area contributed by atoms with Gasteiger partial charge in [0.05, 0.1) is 5.75 Å². The summed E-state index contributed by atoms with van der Waals surface area (Å²) in [6, 6.07) is 1.79. The molecule has 0 unspecified atom stereocenters. The minimum absolute atomic E-state index is 0.200. The highest BCUT2D eigenvalue weighted by atomic mass is 32.2. The van der Waals surface area contributed by atoms with Crippen LogP contribution in [0.15, 0.2) is 23.6 Å². The third kappa shape index (κ3) is 3.71. The van der Waals surface area contributed by atoms with Crippen LogP contribution in [-0.2, 0) is 9.47 Å². The number of aromatic nitrogens is 2. The molecule has 0 aliphatic heterocycles. The third-order valence-corrected chi connectivity index (χ3v) is 2.32. The molecule has 0 amide bonds. The van der Waals surface area contributed by atoms with Gasteiger partial charge in [0, 0.05) is 26.6 Å². The smallest absolute Gasteiger partial charge is 0.187 e. The summed E-state index contributed by atoms with van der Waals surface area (Å²) in [7, 11) is 3.22. The Morgan fingerprint density at radius 2 is 1.92 bits per heavy atom. The van der Waals surface area contributed by atoms with E-state index in [2.05, 4.69) is 9.97 Å². The highest BCUT2D eigenvalue weighted by Gasteiger charge is 2.06. The fourth-order valence-electron chi connectivity index (χ4n) is 0.735. The topological polar surface area (TPSA) is 44.2 Å². The van der Waals surface area contributed by atoms with Crippen LogP contribution in [0.5, 0.6) is 0 Å². The normalized spacial score (nSPS) is 10.7. The van der Waals surface area contributed by atoms with Gasteiger partial charge < -0.3 is 9.47 Å². The molecule has 0 saturated carbocycles. The van der Waals surface area contributed by atoms with Crippen molar-refractivity contribution in [3.63, 3.8) is 0 Å². The maximum atomic E-state index is 5.02. The van der Waals surface area contributed by atoms with Gasteiger partial charge >= 0.3 is 0 Å². The molecule has 0 saturated heterocycles. The quantitative estimate of drug-likeness (QED) is 0.406.